The first kappa shape index (κ1) is 16.0. The first-order valence-electron chi connectivity index (χ1n) is 11.2. The van der Waals surface area contributed by atoms with Gasteiger partial charge in [-0.05, 0) is 31.2 Å². The molecule has 158 valence electrons. The van der Waals surface area contributed by atoms with Crippen LogP contribution in [0.1, 0.15) is 44.8 Å². The van der Waals surface area contributed by atoms with Gasteiger partial charge in [-0.2, -0.15) is 0 Å². The van der Waals surface area contributed by atoms with Crippen LogP contribution in [0.4, 0.5) is 5.82 Å². The average molecular weight is 421 g/mol. The topological polar surface area (TPSA) is 108 Å². The van der Waals surface area contributed by atoms with Crippen LogP contribution in [0.25, 0.3) is 16.6 Å². The molecule has 2 N–H and O–H groups in total. The van der Waals surface area contributed by atoms with Crippen molar-refractivity contribution in [2.45, 2.75) is 19.1 Å². The molecule has 0 unspecified atom stereocenters. The summed E-state index contributed by atoms with van der Waals surface area (Å²) in [5.41, 5.74) is 9.05. The van der Waals surface area contributed by atoms with Crippen molar-refractivity contribution in [1.29, 1.82) is 0 Å². The minimum Gasteiger partial charge on any atom is -0.481 e. The number of pyridine rings is 1. The molecule has 3 aromatic heterocycles. The summed E-state index contributed by atoms with van der Waals surface area (Å²) in [4.78, 5) is 27.5. The SMILES string of the molecule is [2H]C([2H])([2H])N(C(=O)c1ccc2nc(N)c3cncn3c2c1)[C@@H]1CO[C@H](C)c2nc(OC)ccc21. The molecule has 1 aliphatic rings. The first-order valence-corrected chi connectivity index (χ1v) is 9.70. The summed E-state index contributed by atoms with van der Waals surface area (Å²) < 4.78 is 37.2. The van der Waals surface area contributed by atoms with Crippen molar-refractivity contribution >= 4 is 28.3 Å². The van der Waals surface area contributed by atoms with E-state index in [0.29, 0.717) is 39.5 Å². The van der Waals surface area contributed by atoms with Crippen LogP contribution in [0, 0.1) is 0 Å². The van der Waals surface area contributed by atoms with E-state index in [-0.39, 0.29) is 18.3 Å². The molecule has 2 atom stereocenters. The zero-order valence-electron chi connectivity index (χ0n) is 19.9. The van der Waals surface area contributed by atoms with Crippen molar-refractivity contribution in [1.82, 2.24) is 24.3 Å². The fourth-order valence-corrected chi connectivity index (χ4v) is 3.89. The third kappa shape index (κ3) is 3.05. The maximum absolute atomic E-state index is 13.7. The van der Waals surface area contributed by atoms with Gasteiger partial charge in [0.15, 0.2) is 0 Å². The van der Waals surface area contributed by atoms with Gasteiger partial charge in [0.2, 0.25) is 5.88 Å². The summed E-state index contributed by atoms with van der Waals surface area (Å²) in [6.07, 6.45) is 2.77. The molecular formula is C22H22N6O3. The summed E-state index contributed by atoms with van der Waals surface area (Å²) in [7, 11) is 1.50. The largest absolute Gasteiger partial charge is 0.481 e. The molecule has 0 bridgehead atoms. The summed E-state index contributed by atoms with van der Waals surface area (Å²) >= 11 is 0. The molecule has 0 spiro atoms. The van der Waals surface area contributed by atoms with E-state index in [0.717, 1.165) is 4.90 Å². The van der Waals surface area contributed by atoms with E-state index in [2.05, 4.69) is 15.0 Å². The maximum Gasteiger partial charge on any atom is 0.254 e. The predicted octanol–water partition coefficient (Wildman–Crippen LogP) is 2.77. The molecule has 31 heavy (non-hydrogen) atoms. The number of aromatic nitrogens is 4. The number of carbonyl (C=O) groups is 1. The quantitative estimate of drug-likeness (QED) is 0.542. The molecule has 1 aliphatic heterocycles. The first-order chi connectivity index (χ1) is 16.2. The minimum atomic E-state index is -2.73. The molecule has 4 aromatic rings. The van der Waals surface area contributed by atoms with Crippen LogP contribution < -0.4 is 10.5 Å². The molecule has 0 aliphatic carbocycles. The zero-order valence-corrected chi connectivity index (χ0v) is 16.9. The van der Waals surface area contributed by atoms with Crippen molar-refractivity contribution in [2.75, 3.05) is 26.4 Å². The molecule has 1 amide bonds. The molecule has 0 saturated carbocycles. The van der Waals surface area contributed by atoms with E-state index in [1.54, 1.807) is 41.2 Å². The Kier molecular flexibility index (Phi) is 3.73. The predicted molar refractivity (Wildman–Crippen MR) is 115 cm³/mol. The fourth-order valence-electron chi connectivity index (χ4n) is 3.89. The van der Waals surface area contributed by atoms with Crippen LogP contribution in [0.15, 0.2) is 42.9 Å². The highest BCUT2D eigenvalue weighted by atomic mass is 16.5. The van der Waals surface area contributed by atoms with Crippen LogP contribution in [0.5, 0.6) is 5.88 Å². The minimum absolute atomic E-state index is 0.0176. The molecule has 9 nitrogen and oxygen atoms in total. The number of benzene rings is 1. The van der Waals surface area contributed by atoms with Gasteiger partial charge < -0.3 is 20.1 Å². The molecule has 0 saturated heterocycles. The summed E-state index contributed by atoms with van der Waals surface area (Å²) in [5.74, 6) is 0.0189. The lowest BCUT2D eigenvalue weighted by atomic mass is 9.98. The number of ether oxygens (including phenoxy) is 2. The average Bonchev–Trinajstić information content (AvgIpc) is 3.30. The second kappa shape index (κ2) is 7.21. The number of hydrogen-bond donors (Lipinski definition) is 1. The number of rotatable bonds is 3. The Morgan fingerprint density at radius 1 is 1.32 bits per heavy atom. The third-order valence-electron chi connectivity index (χ3n) is 5.54. The van der Waals surface area contributed by atoms with Gasteiger partial charge in [0.05, 0.1) is 55.1 Å². The van der Waals surface area contributed by atoms with Crippen molar-refractivity contribution in [3.63, 3.8) is 0 Å². The van der Waals surface area contributed by atoms with Crippen molar-refractivity contribution < 1.29 is 18.4 Å². The third-order valence-corrected chi connectivity index (χ3v) is 5.54. The number of methoxy groups -OCH3 is 1. The molecule has 0 fully saturated rings. The zero-order chi connectivity index (χ0) is 24.2. The van der Waals surface area contributed by atoms with Crippen molar-refractivity contribution in [3.8, 4) is 5.88 Å². The van der Waals surface area contributed by atoms with Gasteiger partial charge in [0, 0.05) is 28.3 Å². The molecule has 1 aromatic carbocycles. The van der Waals surface area contributed by atoms with Gasteiger partial charge in [0.25, 0.3) is 5.91 Å². The monoisotopic (exact) mass is 421 g/mol. The van der Waals surface area contributed by atoms with Gasteiger partial charge in [-0.3, -0.25) is 9.20 Å². The lowest BCUT2D eigenvalue weighted by Crippen LogP contribution is -2.37. The van der Waals surface area contributed by atoms with Gasteiger partial charge in [-0.15, -0.1) is 0 Å². The van der Waals surface area contributed by atoms with Crippen molar-refractivity contribution in [3.05, 3.63) is 59.7 Å². The smallest absolute Gasteiger partial charge is 0.254 e. The Morgan fingerprint density at radius 3 is 3.00 bits per heavy atom. The van der Waals surface area contributed by atoms with Crippen LogP contribution in [0.2, 0.25) is 0 Å². The number of imidazole rings is 1. The number of likely N-dealkylation sites (N-methyl/N-ethyl adjacent to an activating group) is 1. The lowest BCUT2D eigenvalue weighted by molar-refractivity contribution is 0.00215. The Balaban J connectivity index is 1.62. The number of anilines is 1. The Bertz CT molecular complexity index is 1420. The number of carbonyl (C=O) groups excluding carboxylic acids is 1. The maximum atomic E-state index is 13.7. The van der Waals surface area contributed by atoms with Crippen molar-refractivity contribution in [2.24, 2.45) is 0 Å². The standard InChI is InChI=1S/C22H22N6O3/c1-12-20-14(5-7-19(26-20)30-3)18(10-31-12)27(2)22(29)13-4-6-15-16(8-13)28-11-24-9-17(28)21(23)25-15/h4-9,11-12,18H,10H2,1-3H3,(H2,23,25)/t12-,18-/m1/s1/i2D3. The second-order valence-electron chi connectivity index (χ2n) is 7.34. The molecule has 0 radical (unpaired) electrons. The Hall–Kier alpha value is -3.72. The van der Waals surface area contributed by atoms with Crippen LogP contribution >= 0.6 is 0 Å². The van der Waals surface area contributed by atoms with Gasteiger partial charge >= 0.3 is 0 Å². The molecule has 4 heterocycles. The second-order valence-corrected chi connectivity index (χ2v) is 7.34. The molecule has 5 rings (SSSR count). The van der Waals surface area contributed by atoms with Crippen LogP contribution in [-0.4, -0.2) is 50.9 Å². The number of fused-ring (bicyclic) bond motifs is 4. The fraction of sp³-hybridized carbons (Fsp3) is 0.273. The van der Waals surface area contributed by atoms with Crippen LogP contribution in [0.3, 0.4) is 0 Å². The lowest BCUT2D eigenvalue weighted by Gasteiger charge is -2.35. The highest BCUT2D eigenvalue weighted by Gasteiger charge is 2.32. The van der Waals surface area contributed by atoms with E-state index >= 15 is 0 Å². The highest BCUT2D eigenvalue weighted by Crippen LogP contribution is 2.35. The van der Waals surface area contributed by atoms with E-state index in [1.165, 1.54) is 13.2 Å². The van der Waals surface area contributed by atoms with Gasteiger partial charge in [-0.25, -0.2) is 15.0 Å². The number of hydrogen-bond acceptors (Lipinski definition) is 7. The normalized spacial score (nSPS) is 20.0. The van der Waals surface area contributed by atoms with Crippen LogP contribution in [-0.2, 0) is 4.74 Å². The van der Waals surface area contributed by atoms with Gasteiger partial charge in [-0.1, -0.05) is 0 Å². The summed E-state index contributed by atoms with van der Waals surface area (Å²) in [6.45, 7) is -0.896. The highest BCUT2D eigenvalue weighted by molar-refractivity contribution is 5.98. The molecule has 9 heteroatoms. The van der Waals surface area contributed by atoms with E-state index < -0.39 is 18.9 Å². The Labute approximate surface area is 182 Å². The van der Waals surface area contributed by atoms with E-state index in [4.69, 9.17) is 19.3 Å². The van der Waals surface area contributed by atoms with Gasteiger partial charge in [0.1, 0.15) is 11.3 Å². The number of nitrogen functional groups attached to an aromatic ring is 1. The summed E-state index contributed by atoms with van der Waals surface area (Å²) in [5, 5.41) is 0. The number of nitrogens with zero attached hydrogens (tertiary/aromatic N) is 5. The Morgan fingerprint density at radius 2 is 2.19 bits per heavy atom. The van der Waals surface area contributed by atoms with E-state index in [9.17, 15) is 4.79 Å². The number of amides is 1. The molecular weight excluding hydrogens is 396 g/mol. The number of nitrogens with two attached hydrogens (primary N) is 1. The van der Waals surface area contributed by atoms with E-state index in [1.807, 2.05) is 6.92 Å². The summed E-state index contributed by atoms with van der Waals surface area (Å²) in [6, 6.07) is 7.29.